The van der Waals surface area contributed by atoms with Crippen LogP contribution in [0.2, 0.25) is 0 Å². The van der Waals surface area contributed by atoms with Gasteiger partial charge < -0.3 is 19.4 Å². The number of halogens is 3. The number of amides is 1. The van der Waals surface area contributed by atoms with Crippen molar-refractivity contribution in [2.45, 2.75) is 38.5 Å². The van der Waals surface area contributed by atoms with Crippen LogP contribution in [0.15, 0.2) is 30.9 Å². The number of nitrogens with zero attached hydrogens (tertiary/aromatic N) is 6. The molecule has 1 saturated heterocycles. The summed E-state index contributed by atoms with van der Waals surface area (Å²) in [5.74, 6) is 0.400. The van der Waals surface area contributed by atoms with Gasteiger partial charge in [0, 0.05) is 37.4 Å². The average molecular weight is 501 g/mol. The number of fused-ring (bicyclic) bond motifs is 1. The number of ether oxygens (including phenoxy) is 1. The first-order chi connectivity index (χ1) is 17.2. The molecule has 0 saturated carbocycles. The molecule has 0 spiro atoms. The highest BCUT2D eigenvalue weighted by atomic mass is 19.4. The molecule has 11 heteroatoms. The molecule has 0 radical (unpaired) electrons. The predicted octanol–water partition coefficient (Wildman–Crippen LogP) is 3.49. The lowest BCUT2D eigenvalue weighted by Gasteiger charge is -2.42. The van der Waals surface area contributed by atoms with Gasteiger partial charge in [-0.1, -0.05) is 18.7 Å². The number of piperazine rings is 1. The number of aryl methyl sites for hydroxylation is 1. The highest BCUT2D eigenvalue weighted by Gasteiger charge is 2.38. The van der Waals surface area contributed by atoms with Gasteiger partial charge in [0.2, 0.25) is 5.91 Å². The summed E-state index contributed by atoms with van der Waals surface area (Å²) in [5, 5.41) is 9.29. The van der Waals surface area contributed by atoms with Crippen molar-refractivity contribution in [2.24, 2.45) is 0 Å². The highest BCUT2D eigenvalue weighted by Crippen LogP contribution is 2.41. The van der Waals surface area contributed by atoms with Gasteiger partial charge in [-0.2, -0.15) is 28.4 Å². The molecule has 1 amide bonds. The van der Waals surface area contributed by atoms with Crippen molar-refractivity contribution >= 4 is 17.4 Å². The zero-order valence-electron chi connectivity index (χ0n) is 20.2. The fraction of sp³-hybridized carbons (Fsp3) is 0.440. The minimum Gasteiger partial charge on any atom is -0.467 e. The van der Waals surface area contributed by atoms with E-state index in [1.165, 1.54) is 32.2 Å². The maximum atomic E-state index is 13.9. The van der Waals surface area contributed by atoms with E-state index in [9.17, 15) is 23.2 Å². The molecule has 1 atom stereocenters. The van der Waals surface area contributed by atoms with E-state index in [0.717, 1.165) is 5.56 Å². The number of benzene rings is 1. The molecule has 0 N–H and O–H groups in total. The van der Waals surface area contributed by atoms with E-state index < -0.39 is 11.7 Å². The van der Waals surface area contributed by atoms with Crippen molar-refractivity contribution in [3.63, 3.8) is 0 Å². The van der Waals surface area contributed by atoms with Gasteiger partial charge in [0.05, 0.1) is 43.4 Å². The Labute approximate surface area is 207 Å². The molecule has 3 heterocycles. The molecule has 0 bridgehead atoms. The van der Waals surface area contributed by atoms with E-state index in [0.29, 0.717) is 44.1 Å². The fourth-order valence-corrected chi connectivity index (χ4v) is 4.97. The summed E-state index contributed by atoms with van der Waals surface area (Å²) in [6.45, 7) is 6.80. The Kier molecular flexibility index (Phi) is 7.06. The quantitative estimate of drug-likeness (QED) is 0.581. The number of hydrogen-bond acceptors (Lipinski definition) is 7. The lowest BCUT2D eigenvalue weighted by atomic mass is 10.00. The monoisotopic (exact) mass is 500 g/mol. The summed E-state index contributed by atoms with van der Waals surface area (Å²) in [6, 6.07) is 6.49. The standard InChI is InChI=1S/C25H27F3N6O2/c1-4-21(35)34-13-12-33(14-17(34)8-10-29)23-18-9-11-32(15-19(18)30-24(31-23)36-3)20-7-5-6-16(2)22(20)25(26,27)28/h4-7,17H,1,8-9,11-15H2,2-3H3. The molecule has 2 aromatic rings. The molecule has 0 aliphatic carbocycles. The van der Waals surface area contributed by atoms with Gasteiger partial charge in [-0.05, 0) is 31.1 Å². The van der Waals surface area contributed by atoms with Gasteiger partial charge in [0.15, 0.2) is 0 Å². The zero-order chi connectivity index (χ0) is 26.0. The number of carbonyl (C=O) groups excluding carboxylic acids is 1. The number of methoxy groups -OCH3 is 1. The van der Waals surface area contributed by atoms with Crippen LogP contribution < -0.4 is 14.5 Å². The Bertz CT molecular complexity index is 1210. The summed E-state index contributed by atoms with van der Waals surface area (Å²) in [4.78, 5) is 26.6. The first-order valence-corrected chi connectivity index (χ1v) is 11.6. The first-order valence-electron chi connectivity index (χ1n) is 11.6. The lowest BCUT2D eigenvalue weighted by molar-refractivity contribution is -0.137. The fourth-order valence-electron chi connectivity index (χ4n) is 4.97. The molecule has 4 rings (SSSR count). The van der Waals surface area contributed by atoms with E-state index in [-0.39, 0.29) is 42.2 Å². The van der Waals surface area contributed by atoms with Crippen LogP contribution in [0.4, 0.5) is 24.7 Å². The number of rotatable bonds is 5. The van der Waals surface area contributed by atoms with Gasteiger partial charge in [-0.15, -0.1) is 0 Å². The van der Waals surface area contributed by atoms with Gasteiger partial charge >= 0.3 is 12.2 Å². The van der Waals surface area contributed by atoms with Gasteiger partial charge in [0.1, 0.15) is 5.82 Å². The lowest BCUT2D eigenvalue weighted by Crippen LogP contribution is -2.55. The van der Waals surface area contributed by atoms with Crippen LogP contribution >= 0.6 is 0 Å². The SMILES string of the molecule is C=CC(=O)N1CCN(c2nc(OC)nc3c2CCN(c2cccc(C)c2C(F)(F)F)C3)CC1CC#N. The molecule has 1 fully saturated rings. The van der Waals surface area contributed by atoms with Crippen molar-refractivity contribution < 1.29 is 22.7 Å². The molecule has 8 nitrogen and oxygen atoms in total. The Hall–Kier alpha value is -3.81. The normalized spacial score (nSPS) is 17.9. The summed E-state index contributed by atoms with van der Waals surface area (Å²) in [5.41, 5.74) is 1.09. The number of hydrogen-bond donors (Lipinski definition) is 0. The molecular formula is C25H27F3N6O2. The summed E-state index contributed by atoms with van der Waals surface area (Å²) in [7, 11) is 1.44. The minimum atomic E-state index is -4.48. The maximum Gasteiger partial charge on any atom is 0.418 e. The second kappa shape index (κ2) is 10.0. The summed E-state index contributed by atoms with van der Waals surface area (Å²) < 4.78 is 46.9. The minimum absolute atomic E-state index is 0.118. The second-order valence-corrected chi connectivity index (χ2v) is 8.80. The number of nitriles is 1. The van der Waals surface area contributed by atoms with E-state index >= 15 is 0 Å². The third kappa shape index (κ3) is 4.80. The Balaban J connectivity index is 1.68. The molecule has 190 valence electrons. The molecule has 2 aliphatic rings. The maximum absolute atomic E-state index is 13.9. The van der Waals surface area contributed by atoms with Crippen LogP contribution in [0.25, 0.3) is 0 Å². The average Bonchev–Trinajstić information content (AvgIpc) is 2.86. The predicted molar refractivity (Wildman–Crippen MR) is 128 cm³/mol. The first kappa shape index (κ1) is 25.3. The van der Waals surface area contributed by atoms with Gasteiger partial charge in [0.25, 0.3) is 0 Å². The molecule has 1 unspecified atom stereocenters. The van der Waals surface area contributed by atoms with E-state index in [1.54, 1.807) is 15.9 Å². The summed E-state index contributed by atoms with van der Waals surface area (Å²) >= 11 is 0. The number of anilines is 2. The van der Waals surface area contributed by atoms with E-state index in [1.807, 2.05) is 4.90 Å². The second-order valence-electron chi connectivity index (χ2n) is 8.80. The number of carbonyl (C=O) groups is 1. The van der Waals surface area contributed by atoms with Crippen molar-refractivity contribution in [3.8, 4) is 12.1 Å². The smallest absolute Gasteiger partial charge is 0.418 e. The Morgan fingerprint density at radius 1 is 1.28 bits per heavy atom. The molecule has 1 aromatic carbocycles. The van der Waals surface area contributed by atoms with Gasteiger partial charge in [-0.3, -0.25) is 4.79 Å². The largest absolute Gasteiger partial charge is 0.467 e. The third-order valence-electron chi connectivity index (χ3n) is 6.65. The number of alkyl halides is 3. The van der Waals surface area contributed by atoms with Crippen molar-refractivity contribution in [2.75, 3.05) is 43.1 Å². The van der Waals surface area contributed by atoms with Crippen LogP contribution in [-0.4, -0.2) is 60.1 Å². The zero-order valence-corrected chi connectivity index (χ0v) is 20.2. The van der Waals surface area contributed by atoms with Crippen LogP contribution in [0.1, 0.15) is 28.8 Å². The molecule has 36 heavy (non-hydrogen) atoms. The number of aromatic nitrogens is 2. The molecule has 1 aromatic heterocycles. The van der Waals surface area contributed by atoms with Crippen molar-refractivity contribution in [1.29, 1.82) is 5.26 Å². The van der Waals surface area contributed by atoms with Crippen molar-refractivity contribution in [1.82, 2.24) is 14.9 Å². The summed E-state index contributed by atoms with van der Waals surface area (Å²) in [6.07, 6.45) is -2.64. The van der Waals surface area contributed by atoms with Crippen LogP contribution in [0.3, 0.4) is 0 Å². The van der Waals surface area contributed by atoms with Gasteiger partial charge in [-0.25, -0.2) is 0 Å². The third-order valence-corrected chi connectivity index (χ3v) is 6.65. The van der Waals surface area contributed by atoms with Crippen LogP contribution in [0.5, 0.6) is 6.01 Å². The Morgan fingerprint density at radius 3 is 2.72 bits per heavy atom. The van der Waals surface area contributed by atoms with E-state index in [2.05, 4.69) is 22.6 Å². The molecule has 2 aliphatic heterocycles. The van der Waals surface area contributed by atoms with Crippen LogP contribution in [0, 0.1) is 18.3 Å². The topological polar surface area (TPSA) is 85.6 Å². The highest BCUT2D eigenvalue weighted by molar-refractivity contribution is 5.87. The molecular weight excluding hydrogens is 473 g/mol. The Morgan fingerprint density at radius 2 is 2.06 bits per heavy atom. The van der Waals surface area contributed by atoms with Crippen molar-refractivity contribution in [3.05, 3.63) is 53.2 Å². The van der Waals surface area contributed by atoms with E-state index in [4.69, 9.17) is 4.74 Å². The van der Waals surface area contributed by atoms with Crippen LogP contribution in [-0.2, 0) is 23.9 Å².